The minimum absolute atomic E-state index is 0.371. The number of nitrogens with zero attached hydrogens (tertiary/aromatic N) is 1. The van der Waals surface area contributed by atoms with Crippen molar-refractivity contribution >= 4 is 0 Å². The van der Waals surface area contributed by atoms with Crippen molar-refractivity contribution in [2.24, 2.45) is 0 Å². The Kier molecular flexibility index (Phi) is 6.09. The molecule has 4 heteroatoms. The summed E-state index contributed by atoms with van der Waals surface area (Å²) in [7, 11) is 3.55. The summed E-state index contributed by atoms with van der Waals surface area (Å²) in [6.45, 7) is 10.6. The zero-order valence-electron chi connectivity index (χ0n) is 14.7. The van der Waals surface area contributed by atoms with E-state index in [1.165, 1.54) is 16.7 Å². The summed E-state index contributed by atoms with van der Waals surface area (Å²) in [6.07, 6.45) is 2.15. The van der Waals surface area contributed by atoms with Crippen LogP contribution in [0.2, 0.25) is 0 Å². The molecule has 1 aliphatic rings. The first-order valence-corrected chi connectivity index (χ1v) is 8.39. The van der Waals surface area contributed by atoms with E-state index in [2.05, 4.69) is 37.1 Å². The highest BCUT2D eigenvalue weighted by Gasteiger charge is 2.30. The molecule has 22 heavy (non-hydrogen) atoms. The molecular formula is C18H30N2O2. The van der Waals surface area contributed by atoms with Gasteiger partial charge in [0.1, 0.15) is 11.5 Å². The second-order valence-corrected chi connectivity index (χ2v) is 5.89. The Morgan fingerprint density at radius 2 is 2.05 bits per heavy atom. The number of nitrogens with one attached hydrogen (secondary N) is 1. The smallest absolute Gasteiger partial charge is 0.127 e. The maximum atomic E-state index is 5.78. The quantitative estimate of drug-likeness (QED) is 0.785. The molecule has 1 aromatic rings. The van der Waals surface area contributed by atoms with Gasteiger partial charge in [0.15, 0.2) is 0 Å². The molecule has 0 saturated heterocycles. The van der Waals surface area contributed by atoms with Crippen LogP contribution in [0.4, 0.5) is 0 Å². The third kappa shape index (κ3) is 3.23. The highest BCUT2D eigenvalue weighted by atomic mass is 16.5. The molecule has 0 bridgehead atoms. The Morgan fingerprint density at radius 1 is 1.27 bits per heavy atom. The normalized spacial score (nSPS) is 18.1. The predicted molar refractivity (Wildman–Crippen MR) is 90.9 cm³/mol. The number of likely N-dealkylation sites (N-methyl/N-ethyl adjacent to an activating group) is 1. The largest absolute Gasteiger partial charge is 0.496 e. The van der Waals surface area contributed by atoms with Gasteiger partial charge in [0.05, 0.1) is 14.2 Å². The molecule has 2 rings (SSSR count). The zero-order chi connectivity index (χ0) is 16.1. The van der Waals surface area contributed by atoms with Gasteiger partial charge in [-0.15, -0.1) is 0 Å². The molecule has 1 aromatic carbocycles. The lowest BCUT2D eigenvalue weighted by atomic mass is 9.89. The Hall–Kier alpha value is -1.26. The van der Waals surface area contributed by atoms with Crippen LogP contribution in [-0.4, -0.2) is 38.8 Å². The number of benzene rings is 1. The van der Waals surface area contributed by atoms with Crippen LogP contribution in [0, 0.1) is 0 Å². The minimum atomic E-state index is 0.371. The Morgan fingerprint density at radius 3 is 2.64 bits per heavy atom. The number of hydrogen-bond acceptors (Lipinski definition) is 4. The number of rotatable bonds is 7. The molecule has 0 amide bonds. The standard InChI is InChI=1S/C18H30N2O2/c1-6-9-19-12-14-11-16(21-4)17-13(3)20(7-2)10-8-15(17)18(14)22-5/h11,13,19H,6-10,12H2,1-5H3. The van der Waals surface area contributed by atoms with Crippen molar-refractivity contribution in [1.82, 2.24) is 10.2 Å². The van der Waals surface area contributed by atoms with E-state index in [9.17, 15) is 0 Å². The van der Waals surface area contributed by atoms with Crippen LogP contribution in [0.5, 0.6) is 11.5 Å². The van der Waals surface area contributed by atoms with Crippen LogP contribution in [-0.2, 0) is 13.0 Å². The van der Waals surface area contributed by atoms with Crippen molar-refractivity contribution in [1.29, 1.82) is 0 Å². The number of fused-ring (bicyclic) bond motifs is 1. The van der Waals surface area contributed by atoms with Gasteiger partial charge in [0.2, 0.25) is 0 Å². The zero-order valence-corrected chi connectivity index (χ0v) is 14.7. The van der Waals surface area contributed by atoms with Gasteiger partial charge in [-0.05, 0) is 38.9 Å². The highest BCUT2D eigenvalue weighted by molar-refractivity contribution is 5.56. The van der Waals surface area contributed by atoms with Crippen LogP contribution in [0.25, 0.3) is 0 Å². The first kappa shape index (κ1) is 17.1. The van der Waals surface area contributed by atoms with E-state index in [1.54, 1.807) is 14.2 Å². The van der Waals surface area contributed by atoms with E-state index < -0.39 is 0 Å². The molecule has 0 radical (unpaired) electrons. The Labute approximate surface area is 134 Å². The fourth-order valence-corrected chi connectivity index (χ4v) is 3.49. The summed E-state index contributed by atoms with van der Waals surface area (Å²) in [5, 5.41) is 3.47. The van der Waals surface area contributed by atoms with Crippen LogP contribution in [0.15, 0.2) is 6.07 Å². The van der Waals surface area contributed by atoms with Gasteiger partial charge in [0.25, 0.3) is 0 Å². The van der Waals surface area contributed by atoms with Gasteiger partial charge in [0, 0.05) is 35.8 Å². The van der Waals surface area contributed by atoms with Crippen molar-refractivity contribution in [2.75, 3.05) is 33.9 Å². The fraction of sp³-hybridized carbons (Fsp3) is 0.667. The SMILES string of the molecule is CCCNCc1cc(OC)c2c(c1OC)CCN(CC)C2C. The van der Waals surface area contributed by atoms with Crippen LogP contribution in [0.1, 0.15) is 49.9 Å². The summed E-state index contributed by atoms with van der Waals surface area (Å²) >= 11 is 0. The van der Waals surface area contributed by atoms with Gasteiger partial charge in [-0.25, -0.2) is 0 Å². The first-order valence-electron chi connectivity index (χ1n) is 8.39. The third-order valence-corrected chi connectivity index (χ3v) is 4.65. The average molecular weight is 306 g/mol. The van der Waals surface area contributed by atoms with Crippen LogP contribution < -0.4 is 14.8 Å². The second kappa shape index (κ2) is 7.84. The van der Waals surface area contributed by atoms with Gasteiger partial charge < -0.3 is 14.8 Å². The fourth-order valence-electron chi connectivity index (χ4n) is 3.49. The predicted octanol–water partition coefficient (Wildman–Crippen LogP) is 3.14. The lowest BCUT2D eigenvalue weighted by Gasteiger charge is -2.36. The number of methoxy groups -OCH3 is 2. The Bertz CT molecular complexity index is 502. The third-order valence-electron chi connectivity index (χ3n) is 4.65. The topological polar surface area (TPSA) is 33.7 Å². The van der Waals surface area contributed by atoms with Crippen molar-refractivity contribution in [2.45, 2.75) is 46.2 Å². The molecule has 0 aromatic heterocycles. The van der Waals surface area contributed by atoms with Crippen molar-refractivity contribution < 1.29 is 9.47 Å². The van der Waals surface area contributed by atoms with E-state index in [4.69, 9.17) is 9.47 Å². The summed E-state index contributed by atoms with van der Waals surface area (Å²) in [4.78, 5) is 2.49. The molecule has 1 N–H and O–H groups in total. The molecule has 0 saturated carbocycles. The van der Waals surface area contributed by atoms with Gasteiger partial charge in [-0.1, -0.05) is 13.8 Å². The molecule has 1 aliphatic heterocycles. The minimum Gasteiger partial charge on any atom is -0.496 e. The molecular weight excluding hydrogens is 276 g/mol. The molecule has 124 valence electrons. The Balaban J connectivity index is 2.44. The maximum Gasteiger partial charge on any atom is 0.127 e. The molecule has 0 aliphatic carbocycles. The summed E-state index contributed by atoms with van der Waals surface area (Å²) in [5.74, 6) is 2.04. The highest BCUT2D eigenvalue weighted by Crippen LogP contribution is 2.42. The lowest BCUT2D eigenvalue weighted by Crippen LogP contribution is -2.34. The molecule has 4 nitrogen and oxygen atoms in total. The second-order valence-electron chi connectivity index (χ2n) is 5.89. The van der Waals surface area contributed by atoms with E-state index in [0.717, 1.165) is 50.5 Å². The van der Waals surface area contributed by atoms with Gasteiger partial charge in [-0.3, -0.25) is 4.90 Å². The monoisotopic (exact) mass is 306 g/mol. The van der Waals surface area contributed by atoms with Crippen LogP contribution in [0.3, 0.4) is 0 Å². The van der Waals surface area contributed by atoms with E-state index in [1.807, 2.05) is 0 Å². The van der Waals surface area contributed by atoms with Gasteiger partial charge >= 0.3 is 0 Å². The number of ether oxygens (including phenoxy) is 2. The van der Waals surface area contributed by atoms with Crippen molar-refractivity contribution in [3.8, 4) is 11.5 Å². The maximum absolute atomic E-state index is 5.78. The molecule has 1 unspecified atom stereocenters. The molecule has 0 spiro atoms. The molecule has 1 atom stereocenters. The lowest BCUT2D eigenvalue weighted by molar-refractivity contribution is 0.202. The summed E-state index contributed by atoms with van der Waals surface area (Å²) in [6, 6.07) is 2.52. The molecule has 1 heterocycles. The van der Waals surface area contributed by atoms with E-state index >= 15 is 0 Å². The van der Waals surface area contributed by atoms with E-state index in [0.29, 0.717) is 6.04 Å². The van der Waals surface area contributed by atoms with Crippen molar-refractivity contribution in [3.63, 3.8) is 0 Å². The van der Waals surface area contributed by atoms with Crippen molar-refractivity contribution in [3.05, 3.63) is 22.8 Å². The number of hydrogen-bond donors (Lipinski definition) is 1. The summed E-state index contributed by atoms with van der Waals surface area (Å²) in [5.41, 5.74) is 3.82. The van der Waals surface area contributed by atoms with Crippen LogP contribution >= 0.6 is 0 Å². The molecule has 0 fully saturated rings. The first-order chi connectivity index (χ1) is 10.7. The van der Waals surface area contributed by atoms with E-state index in [-0.39, 0.29) is 0 Å². The summed E-state index contributed by atoms with van der Waals surface area (Å²) < 4.78 is 11.5. The average Bonchev–Trinajstić information content (AvgIpc) is 2.54. The van der Waals surface area contributed by atoms with Gasteiger partial charge in [-0.2, -0.15) is 0 Å².